The van der Waals surface area contributed by atoms with Gasteiger partial charge in [-0.15, -0.1) is 11.8 Å². The summed E-state index contributed by atoms with van der Waals surface area (Å²) in [7, 11) is 0. The average molecular weight is 343 g/mol. The molecule has 124 valence electrons. The molecule has 8 heteroatoms. The number of nitrogens with one attached hydrogen (secondary N) is 2. The highest BCUT2D eigenvalue weighted by molar-refractivity contribution is 8.00. The van der Waals surface area contributed by atoms with Gasteiger partial charge in [-0.25, -0.2) is 4.98 Å². The predicted octanol–water partition coefficient (Wildman–Crippen LogP) is 2.22. The molecule has 2 amide bonds. The number of hydrogen-bond donors (Lipinski definition) is 2. The van der Waals surface area contributed by atoms with Crippen LogP contribution in [0.5, 0.6) is 0 Å². The summed E-state index contributed by atoms with van der Waals surface area (Å²) in [5.41, 5.74) is 1.30. The first-order valence-electron chi connectivity index (χ1n) is 7.95. The zero-order valence-electron chi connectivity index (χ0n) is 13.0. The van der Waals surface area contributed by atoms with Crippen molar-refractivity contribution < 1.29 is 9.59 Å². The molecule has 4 rings (SSSR count). The summed E-state index contributed by atoms with van der Waals surface area (Å²) in [5, 5.41) is 9.63. The van der Waals surface area contributed by atoms with Gasteiger partial charge in [-0.3, -0.25) is 14.7 Å². The van der Waals surface area contributed by atoms with Gasteiger partial charge >= 0.3 is 0 Å². The number of carbonyl (C=O) groups excluding carboxylic acids is 2. The van der Waals surface area contributed by atoms with Crippen molar-refractivity contribution in [1.29, 1.82) is 0 Å². The smallest absolute Gasteiger partial charge is 0.254 e. The SMILES string of the molecule is O=C1CSc2ccc(C(=O)N3CCCC[C@@H]3c3ncn[nH]3)cc2N1. The van der Waals surface area contributed by atoms with E-state index in [1.165, 1.54) is 18.1 Å². The van der Waals surface area contributed by atoms with Gasteiger partial charge in [-0.05, 0) is 37.5 Å². The van der Waals surface area contributed by atoms with Crippen molar-refractivity contribution in [3.05, 3.63) is 35.9 Å². The van der Waals surface area contributed by atoms with E-state index in [0.29, 0.717) is 17.9 Å². The van der Waals surface area contributed by atoms with E-state index in [1.54, 1.807) is 6.07 Å². The van der Waals surface area contributed by atoms with Crippen molar-refractivity contribution in [3.8, 4) is 0 Å². The first-order valence-corrected chi connectivity index (χ1v) is 8.94. The van der Waals surface area contributed by atoms with Crippen LogP contribution in [0.2, 0.25) is 0 Å². The van der Waals surface area contributed by atoms with Crippen molar-refractivity contribution in [2.45, 2.75) is 30.2 Å². The topological polar surface area (TPSA) is 91.0 Å². The zero-order valence-corrected chi connectivity index (χ0v) is 13.8. The molecule has 2 aromatic rings. The van der Waals surface area contributed by atoms with Crippen LogP contribution >= 0.6 is 11.8 Å². The van der Waals surface area contributed by atoms with Gasteiger partial charge < -0.3 is 10.2 Å². The van der Waals surface area contributed by atoms with Crippen LogP contribution in [0.15, 0.2) is 29.4 Å². The number of H-pyrrole nitrogens is 1. The quantitative estimate of drug-likeness (QED) is 0.872. The second-order valence-corrected chi connectivity index (χ2v) is 6.95. The maximum absolute atomic E-state index is 13.0. The fourth-order valence-electron chi connectivity index (χ4n) is 3.22. The van der Waals surface area contributed by atoms with E-state index in [4.69, 9.17) is 0 Å². The summed E-state index contributed by atoms with van der Waals surface area (Å²) in [6.07, 6.45) is 4.39. The minimum Gasteiger partial charge on any atom is -0.328 e. The Hall–Kier alpha value is -2.35. The van der Waals surface area contributed by atoms with Crippen molar-refractivity contribution >= 4 is 29.3 Å². The summed E-state index contributed by atoms with van der Waals surface area (Å²) in [6, 6.07) is 5.43. The number of amides is 2. The third-order valence-electron chi connectivity index (χ3n) is 4.37. The predicted molar refractivity (Wildman–Crippen MR) is 89.8 cm³/mol. The minimum atomic E-state index is -0.0752. The lowest BCUT2D eigenvalue weighted by molar-refractivity contribution is -0.113. The summed E-state index contributed by atoms with van der Waals surface area (Å²) >= 11 is 1.49. The van der Waals surface area contributed by atoms with Gasteiger partial charge in [-0.1, -0.05) is 0 Å². The number of aromatic nitrogens is 3. The highest BCUT2D eigenvalue weighted by Crippen LogP contribution is 2.34. The zero-order chi connectivity index (χ0) is 16.5. The van der Waals surface area contributed by atoms with Crippen LogP contribution in [-0.4, -0.2) is 44.2 Å². The molecule has 0 bridgehead atoms. The Morgan fingerprint density at radius 3 is 3.08 bits per heavy atom. The number of aromatic amines is 1. The first-order chi connectivity index (χ1) is 11.7. The van der Waals surface area contributed by atoms with Crippen LogP contribution in [0, 0.1) is 0 Å². The van der Waals surface area contributed by atoms with Crippen molar-refractivity contribution in [2.75, 3.05) is 17.6 Å². The normalized spacial score (nSPS) is 20.4. The lowest BCUT2D eigenvalue weighted by atomic mass is 10.00. The second-order valence-electron chi connectivity index (χ2n) is 5.93. The monoisotopic (exact) mass is 343 g/mol. The Morgan fingerprint density at radius 1 is 1.33 bits per heavy atom. The molecule has 0 unspecified atom stereocenters. The maximum Gasteiger partial charge on any atom is 0.254 e. The second kappa shape index (κ2) is 6.27. The molecule has 0 aliphatic carbocycles. The molecule has 1 atom stereocenters. The number of carbonyl (C=O) groups is 2. The van der Waals surface area contributed by atoms with Crippen LogP contribution in [0.4, 0.5) is 5.69 Å². The third-order valence-corrected chi connectivity index (χ3v) is 5.45. The molecule has 2 aliphatic rings. The van der Waals surface area contributed by atoms with Gasteiger partial charge in [0.05, 0.1) is 17.5 Å². The average Bonchev–Trinajstić information content (AvgIpc) is 3.15. The number of hydrogen-bond acceptors (Lipinski definition) is 5. The molecule has 7 nitrogen and oxygen atoms in total. The molecule has 1 fully saturated rings. The molecule has 2 N–H and O–H groups in total. The molecule has 1 aromatic carbocycles. The molecule has 3 heterocycles. The summed E-state index contributed by atoms with van der Waals surface area (Å²) in [5.74, 6) is 1.07. The third kappa shape index (κ3) is 2.77. The molecule has 0 spiro atoms. The standard InChI is InChI=1S/C16H17N5O2S/c22-14-8-24-13-5-4-10(7-11(13)19-14)16(23)21-6-2-1-3-12(21)15-17-9-18-20-15/h4-5,7,9,12H,1-3,6,8H2,(H,19,22)(H,17,18,20)/t12-/m1/s1. The highest BCUT2D eigenvalue weighted by atomic mass is 32.2. The summed E-state index contributed by atoms with van der Waals surface area (Å²) in [4.78, 5) is 31.7. The number of likely N-dealkylation sites (tertiary alicyclic amines) is 1. The number of fused-ring (bicyclic) bond motifs is 1. The number of piperidine rings is 1. The molecule has 2 aliphatic heterocycles. The number of anilines is 1. The van der Waals surface area contributed by atoms with Crippen LogP contribution in [0.1, 0.15) is 41.5 Å². The summed E-state index contributed by atoms with van der Waals surface area (Å²) in [6.45, 7) is 0.697. The van der Waals surface area contributed by atoms with E-state index in [-0.39, 0.29) is 17.9 Å². The Kier molecular flexibility index (Phi) is 3.97. The highest BCUT2D eigenvalue weighted by Gasteiger charge is 2.31. The Balaban J connectivity index is 1.62. The van der Waals surface area contributed by atoms with Gasteiger partial charge in [0.15, 0.2) is 0 Å². The molecular weight excluding hydrogens is 326 g/mol. The lowest BCUT2D eigenvalue weighted by Gasteiger charge is -2.34. The molecule has 1 saturated heterocycles. The largest absolute Gasteiger partial charge is 0.328 e. The van der Waals surface area contributed by atoms with Gasteiger partial charge in [0.2, 0.25) is 5.91 Å². The Morgan fingerprint density at radius 2 is 2.25 bits per heavy atom. The molecule has 24 heavy (non-hydrogen) atoms. The van der Waals surface area contributed by atoms with Crippen molar-refractivity contribution in [2.24, 2.45) is 0 Å². The minimum absolute atomic E-state index is 0.0328. The van der Waals surface area contributed by atoms with E-state index in [9.17, 15) is 9.59 Å². The lowest BCUT2D eigenvalue weighted by Crippen LogP contribution is -2.39. The Labute approximate surface area is 143 Å². The van der Waals surface area contributed by atoms with Crippen LogP contribution < -0.4 is 5.32 Å². The van der Waals surface area contributed by atoms with Crippen LogP contribution in [0.25, 0.3) is 0 Å². The number of thioether (sulfide) groups is 1. The van der Waals surface area contributed by atoms with Gasteiger partial charge in [-0.2, -0.15) is 5.10 Å². The number of benzene rings is 1. The van der Waals surface area contributed by atoms with E-state index in [0.717, 1.165) is 35.7 Å². The van der Waals surface area contributed by atoms with Gasteiger partial charge in [0.25, 0.3) is 5.91 Å². The van der Waals surface area contributed by atoms with E-state index >= 15 is 0 Å². The molecule has 1 aromatic heterocycles. The van der Waals surface area contributed by atoms with Gasteiger partial charge in [0, 0.05) is 17.0 Å². The maximum atomic E-state index is 13.0. The Bertz CT molecular complexity index is 777. The van der Waals surface area contributed by atoms with E-state index in [2.05, 4.69) is 20.5 Å². The first kappa shape index (κ1) is 15.2. The molecule has 0 saturated carbocycles. The van der Waals surface area contributed by atoms with Crippen LogP contribution in [0.3, 0.4) is 0 Å². The van der Waals surface area contributed by atoms with Crippen LogP contribution in [-0.2, 0) is 4.79 Å². The fourth-order valence-corrected chi connectivity index (χ4v) is 4.00. The number of nitrogens with zero attached hydrogens (tertiary/aromatic N) is 3. The summed E-state index contributed by atoms with van der Waals surface area (Å²) < 4.78 is 0. The molecular formula is C16H17N5O2S. The van der Waals surface area contributed by atoms with Crippen molar-refractivity contribution in [3.63, 3.8) is 0 Å². The number of rotatable bonds is 2. The molecule has 0 radical (unpaired) electrons. The van der Waals surface area contributed by atoms with E-state index in [1.807, 2.05) is 17.0 Å². The van der Waals surface area contributed by atoms with Gasteiger partial charge in [0.1, 0.15) is 12.2 Å². The van der Waals surface area contributed by atoms with Crippen molar-refractivity contribution in [1.82, 2.24) is 20.1 Å². The van der Waals surface area contributed by atoms with E-state index < -0.39 is 0 Å². The fraction of sp³-hybridized carbons (Fsp3) is 0.375.